The van der Waals surface area contributed by atoms with E-state index in [1.54, 1.807) is 13.8 Å². The summed E-state index contributed by atoms with van der Waals surface area (Å²) in [6, 6.07) is 7.72. The Bertz CT molecular complexity index is 637. The van der Waals surface area contributed by atoms with E-state index >= 15 is 0 Å². The average Bonchev–Trinajstić information content (AvgIpc) is 2.49. The Kier molecular flexibility index (Phi) is 5.98. The molecule has 0 saturated heterocycles. The second kappa shape index (κ2) is 7.97. The largest absolute Gasteiger partial charge is 0.463 e. The van der Waals surface area contributed by atoms with E-state index in [1.807, 2.05) is 7.05 Å². The molecular weight excluding hydrogens is 306 g/mol. The third-order valence-electron chi connectivity index (χ3n) is 3.97. The monoisotopic (exact) mass is 332 g/mol. The van der Waals surface area contributed by atoms with Crippen LogP contribution in [-0.2, 0) is 16.1 Å². The fraction of sp³-hybridized carbons (Fsp3) is 0.444. The maximum atomic E-state index is 12.2. The first-order valence-electron chi connectivity index (χ1n) is 8.25. The molecule has 0 aromatic heterocycles. The van der Waals surface area contributed by atoms with E-state index in [2.05, 4.69) is 41.8 Å². The Morgan fingerprint density at radius 2 is 1.92 bits per heavy atom. The van der Waals surface area contributed by atoms with Gasteiger partial charge in [-0.1, -0.05) is 29.8 Å². The maximum Gasteiger partial charge on any atom is 0.338 e. The molecular formula is C18H26N3O3+. The standard InChI is InChI=1S/C18H25N3O3/c1-5-24-17(22)16-13(3)19-18(23)20-15(16)11-21(4)10-14-8-6-12(2)7-9-14/h6-9,13H,5,10-11H2,1-4H3,(H2,19,20,23)/p+1/t13-/m0/s1. The number of amides is 2. The van der Waals surface area contributed by atoms with Crippen molar-refractivity contribution in [3.63, 3.8) is 0 Å². The fourth-order valence-corrected chi connectivity index (χ4v) is 2.84. The number of aryl methyl sites for hydroxylation is 1. The molecule has 3 N–H and O–H groups in total. The minimum Gasteiger partial charge on any atom is -0.463 e. The highest BCUT2D eigenvalue weighted by molar-refractivity contribution is 5.94. The molecule has 2 amide bonds. The van der Waals surface area contributed by atoms with E-state index in [4.69, 9.17) is 4.74 Å². The molecule has 1 unspecified atom stereocenters. The van der Waals surface area contributed by atoms with Gasteiger partial charge in [-0.2, -0.15) is 0 Å². The number of urea groups is 1. The molecule has 0 aliphatic carbocycles. The van der Waals surface area contributed by atoms with Gasteiger partial charge in [-0.05, 0) is 20.8 Å². The highest BCUT2D eigenvalue weighted by Crippen LogP contribution is 2.13. The van der Waals surface area contributed by atoms with E-state index < -0.39 is 0 Å². The lowest BCUT2D eigenvalue weighted by molar-refractivity contribution is -0.889. The quantitative estimate of drug-likeness (QED) is 0.666. The third-order valence-corrected chi connectivity index (χ3v) is 3.97. The lowest BCUT2D eigenvalue weighted by Gasteiger charge is -2.27. The summed E-state index contributed by atoms with van der Waals surface area (Å²) in [6.45, 7) is 7.27. The predicted molar refractivity (Wildman–Crippen MR) is 91.4 cm³/mol. The number of carbonyl (C=O) groups is 2. The summed E-state index contributed by atoms with van der Waals surface area (Å²) in [5.74, 6) is -0.379. The first-order valence-corrected chi connectivity index (χ1v) is 8.25. The fourth-order valence-electron chi connectivity index (χ4n) is 2.84. The number of benzene rings is 1. The molecule has 1 aliphatic heterocycles. The zero-order chi connectivity index (χ0) is 17.7. The van der Waals surface area contributed by atoms with Gasteiger partial charge < -0.3 is 20.3 Å². The number of carbonyl (C=O) groups excluding carboxylic acids is 2. The van der Waals surface area contributed by atoms with E-state index in [-0.39, 0.29) is 18.0 Å². The molecule has 6 nitrogen and oxygen atoms in total. The topological polar surface area (TPSA) is 71.9 Å². The van der Waals surface area contributed by atoms with Gasteiger partial charge in [-0.25, -0.2) is 9.59 Å². The van der Waals surface area contributed by atoms with Gasteiger partial charge in [0.15, 0.2) is 0 Å². The molecule has 0 radical (unpaired) electrons. The van der Waals surface area contributed by atoms with Crippen molar-refractivity contribution in [2.24, 2.45) is 0 Å². The smallest absolute Gasteiger partial charge is 0.338 e. The summed E-state index contributed by atoms with van der Waals surface area (Å²) in [5, 5.41) is 5.48. The summed E-state index contributed by atoms with van der Waals surface area (Å²) in [6.07, 6.45) is 0. The number of quaternary nitrogens is 1. The van der Waals surface area contributed by atoms with Crippen molar-refractivity contribution >= 4 is 12.0 Å². The van der Waals surface area contributed by atoms with Crippen molar-refractivity contribution in [3.05, 3.63) is 46.7 Å². The minimum absolute atomic E-state index is 0.284. The van der Waals surface area contributed by atoms with Crippen molar-refractivity contribution in [2.75, 3.05) is 20.2 Å². The number of likely N-dealkylation sites (N-methyl/N-ethyl adjacent to an activating group) is 1. The Labute approximate surface area is 142 Å². The van der Waals surface area contributed by atoms with Gasteiger partial charge in [-0.15, -0.1) is 0 Å². The van der Waals surface area contributed by atoms with Gasteiger partial charge in [-0.3, -0.25) is 0 Å². The average molecular weight is 332 g/mol. The third kappa shape index (κ3) is 4.58. The van der Waals surface area contributed by atoms with E-state index in [0.29, 0.717) is 24.4 Å². The molecule has 1 heterocycles. The highest BCUT2D eigenvalue weighted by atomic mass is 16.5. The SMILES string of the molecule is CCOC(=O)C1=C(C[NH+](C)Cc2ccc(C)cc2)NC(=O)N[C@H]1C. The lowest BCUT2D eigenvalue weighted by Crippen LogP contribution is -3.08. The van der Waals surface area contributed by atoms with Crippen LogP contribution in [0.25, 0.3) is 0 Å². The van der Waals surface area contributed by atoms with Gasteiger partial charge in [0.1, 0.15) is 13.1 Å². The number of nitrogens with one attached hydrogen (secondary N) is 3. The highest BCUT2D eigenvalue weighted by Gasteiger charge is 2.31. The van der Waals surface area contributed by atoms with Crippen molar-refractivity contribution in [3.8, 4) is 0 Å². The van der Waals surface area contributed by atoms with Crippen LogP contribution in [0, 0.1) is 6.92 Å². The van der Waals surface area contributed by atoms with Crippen molar-refractivity contribution in [1.29, 1.82) is 0 Å². The van der Waals surface area contributed by atoms with Crippen LogP contribution in [0.3, 0.4) is 0 Å². The molecule has 0 fully saturated rings. The summed E-state index contributed by atoms with van der Waals surface area (Å²) >= 11 is 0. The maximum absolute atomic E-state index is 12.2. The van der Waals surface area contributed by atoms with Gasteiger partial charge in [0, 0.05) is 5.56 Å². The van der Waals surface area contributed by atoms with Gasteiger partial charge in [0.05, 0.1) is 31.0 Å². The molecule has 1 aromatic carbocycles. The summed E-state index contributed by atoms with van der Waals surface area (Å²) in [4.78, 5) is 25.2. The summed E-state index contributed by atoms with van der Waals surface area (Å²) in [5.41, 5.74) is 3.57. The molecule has 0 bridgehead atoms. The summed E-state index contributed by atoms with van der Waals surface area (Å²) in [7, 11) is 2.04. The Hall–Kier alpha value is -2.34. The van der Waals surface area contributed by atoms with E-state index in [0.717, 1.165) is 6.54 Å². The first-order chi connectivity index (χ1) is 11.4. The number of hydrogen-bond acceptors (Lipinski definition) is 3. The molecule has 130 valence electrons. The second-order valence-electron chi connectivity index (χ2n) is 6.23. The van der Waals surface area contributed by atoms with Crippen molar-refractivity contribution < 1.29 is 19.2 Å². The Morgan fingerprint density at radius 3 is 2.54 bits per heavy atom. The predicted octanol–water partition coefficient (Wildman–Crippen LogP) is 0.528. The van der Waals surface area contributed by atoms with Gasteiger partial charge in [0.25, 0.3) is 0 Å². The zero-order valence-electron chi connectivity index (χ0n) is 14.7. The molecule has 2 rings (SSSR count). The first kappa shape index (κ1) is 18.0. The van der Waals surface area contributed by atoms with Gasteiger partial charge >= 0.3 is 12.0 Å². The number of esters is 1. The molecule has 1 aromatic rings. The minimum atomic E-state index is -0.379. The van der Waals surface area contributed by atoms with Crippen LogP contribution in [0.2, 0.25) is 0 Å². The number of hydrogen-bond donors (Lipinski definition) is 3. The van der Waals surface area contributed by atoms with E-state index in [9.17, 15) is 9.59 Å². The number of ether oxygens (including phenoxy) is 1. The Morgan fingerprint density at radius 1 is 1.25 bits per heavy atom. The van der Waals surface area contributed by atoms with Crippen LogP contribution in [0.15, 0.2) is 35.5 Å². The number of rotatable bonds is 6. The van der Waals surface area contributed by atoms with Crippen LogP contribution in [0.1, 0.15) is 25.0 Å². The normalized spacial score (nSPS) is 18.7. The van der Waals surface area contributed by atoms with Crippen LogP contribution in [-0.4, -0.2) is 38.2 Å². The van der Waals surface area contributed by atoms with Crippen LogP contribution >= 0.6 is 0 Å². The van der Waals surface area contributed by atoms with Crippen LogP contribution < -0.4 is 15.5 Å². The zero-order valence-corrected chi connectivity index (χ0v) is 14.7. The van der Waals surface area contributed by atoms with E-state index in [1.165, 1.54) is 16.0 Å². The van der Waals surface area contributed by atoms with Crippen LogP contribution in [0.4, 0.5) is 4.79 Å². The lowest BCUT2D eigenvalue weighted by atomic mass is 10.0. The molecule has 0 spiro atoms. The molecule has 0 saturated carbocycles. The van der Waals surface area contributed by atoms with Crippen molar-refractivity contribution in [2.45, 2.75) is 33.4 Å². The van der Waals surface area contributed by atoms with Crippen LogP contribution in [0.5, 0.6) is 0 Å². The summed E-state index contributed by atoms with van der Waals surface area (Å²) < 4.78 is 5.13. The molecule has 6 heteroatoms. The molecule has 24 heavy (non-hydrogen) atoms. The van der Waals surface area contributed by atoms with Gasteiger partial charge in [0.2, 0.25) is 0 Å². The molecule has 2 atom stereocenters. The second-order valence-corrected chi connectivity index (χ2v) is 6.23. The molecule has 1 aliphatic rings. The van der Waals surface area contributed by atoms with Crippen molar-refractivity contribution in [1.82, 2.24) is 10.6 Å². The Balaban J connectivity index is 2.15.